The van der Waals surface area contributed by atoms with Crippen LogP contribution in [0.25, 0.3) is 10.9 Å². The van der Waals surface area contributed by atoms with Crippen molar-refractivity contribution < 1.29 is 13.5 Å². The molecule has 0 aliphatic carbocycles. The van der Waals surface area contributed by atoms with Crippen molar-refractivity contribution in [2.45, 2.75) is 37.5 Å². The number of aryl methyl sites for hydroxylation is 2. The number of nitrogens with one attached hydrogen (secondary N) is 1. The molecule has 2 aromatic carbocycles. The Morgan fingerprint density at radius 2 is 1.74 bits per heavy atom. The molecular formula is C21H24N2O3S. The van der Waals surface area contributed by atoms with E-state index in [0.29, 0.717) is 11.2 Å². The molecule has 1 aromatic heterocycles. The van der Waals surface area contributed by atoms with Gasteiger partial charge in [0.1, 0.15) is 0 Å². The van der Waals surface area contributed by atoms with Gasteiger partial charge in [0.15, 0.2) is 0 Å². The minimum absolute atomic E-state index is 0.204. The Labute approximate surface area is 160 Å². The van der Waals surface area contributed by atoms with Crippen molar-refractivity contribution in [3.8, 4) is 0 Å². The molecule has 0 radical (unpaired) electrons. The first-order chi connectivity index (χ1) is 13.0. The Morgan fingerprint density at radius 3 is 2.48 bits per heavy atom. The van der Waals surface area contributed by atoms with Crippen LogP contribution in [0.4, 0.5) is 5.69 Å². The maximum absolute atomic E-state index is 12.7. The van der Waals surface area contributed by atoms with Gasteiger partial charge < -0.3 is 5.11 Å². The highest BCUT2D eigenvalue weighted by atomic mass is 32.2. The molecule has 2 N–H and O–H groups in total. The lowest BCUT2D eigenvalue weighted by Crippen LogP contribution is -2.13. The Kier molecular flexibility index (Phi) is 6.08. The van der Waals surface area contributed by atoms with Gasteiger partial charge in [0.25, 0.3) is 10.0 Å². The Balaban J connectivity index is 1.88. The molecule has 0 saturated heterocycles. The van der Waals surface area contributed by atoms with E-state index in [-0.39, 0.29) is 11.5 Å². The summed E-state index contributed by atoms with van der Waals surface area (Å²) in [5, 5.41) is 9.76. The molecule has 0 saturated carbocycles. The van der Waals surface area contributed by atoms with Crippen LogP contribution in [0.1, 0.15) is 30.5 Å². The number of fused-ring (bicyclic) bond motifs is 1. The lowest BCUT2D eigenvalue weighted by atomic mass is 10.1. The normalized spacial score (nSPS) is 11.6. The molecule has 3 rings (SSSR count). The number of hydrogen-bond donors (Lipinski definition) is 2. The van der Waals surface area contributed by atoms with E-state index in [1.54, 1.807) is 30.3 Å². The van der Waals surface area contributed by atoms with Crippen LogP contribution in [0, 0.1) is 6.92 Å². The van der Waals surface area contributed by atoms with E-state index in [0.717, 1.165) is 42.3 Å². The predicted octanol–water partition coefficient (Wildman–Crippen LogP) is 4.05. The molecule has 0 aliphatic heterocycles. The monoisotopic (exact) mass is 384 g/mol. The third-order valence-electron chi connectivity index (χ3n) is 4.44. The zero-order valence-electron chi connectivity index (χ0n) is 15.4. The van der Waals surface area contributed by atoms with Gasteiger partial charge in [0.05, 0.1) is 16.1 Å². The second-order valence-electron chi connectivity index (χ2n) is 6.63. The number of para-hydroxylation sites is 1. The number of nitrogens with zero attached hydrogens (tertiary/aromatic N) is 1. The minimum atomic E-state index is -3.68. The summed E-state index contributed by atoms with van der Waals surface area (Å²) in [5.41, 5.74) is 3.05. The number of pyridine rings is 1. The molecule has 0 atom stereocenters. The molecule has 0 fully saturated rings. The van der Waals surface area contributed by atoms with Crippen molar-refractivity contribution in [3.63, 3.8) is 0 Å². The topological polar surface area (TPSA) is 79.3 Å². The average molecular weight is 385 g/mol. The van der Waals surface area contributed by atoms with E-state index in [1.165, 1.54) is 0 Å². The molecule has 142 valence electrons. The highest BCUT2D eigenvalue weighted by Gasteiger charge is 2.16. The summed E-state index contributed by atoms with van der Waals surface area (Å²) in [6.45, 7) is 2.12. The van der Waals surface area contributed by atoms with Crippen LogP contribution >= 0.6 is 0 Å². The quantitative estimate of drug-likeness (QED) is 0.574. The number of unbranched alkanes of at least 4 members (excludes halogenated alkanes) is 2. The van der Waals surface area contributed by atoms with Crippen molar-refractivity contribution in [2.24, 2.45) is 0 Å². The molecule has 0 bridgehead atoms. The van der Waals surface area contributed by atoms with Crippen LogP contribution in [-0.2, 0) is 16.4 Å². The molecule has 0 aliphatic rings. The third-order valence-corrected chi connectivity index (χ3v) is 5.83. The summed E-state index contributed by atoms with van der Waals surface area (Å²) in [7, 11) is -3.68. The Hall–Kier alpha value is -2.44. The first-order valence-electron chi connectivity index (χ1n) is 9.08. The lowest BCUT2D eigenvalue weighted by molar-refractivity contribution is 0.283. The number of sulfonamides is 1. The van der Waals surface area contributed by atoms with Crippen LogP contribution < -0.4 is 4.72 Å². The molecule has 0 spiro atoms. The number of hydrogen-bond acceptors (Lipinski definition) is 4. The summed E-state index contributed by atoms with van der Waals surface area (Å²) < 4.78 is 28.1. The molecule has 1 heterocycles. The van der Waals surface area contributed by atoms with Crippen LogP contribution in [0.15, 0.2) is 59.5 Å². The number of aromatic nitrogens is 1. The molecule has 6 heteroatoms. The number of aliphatic hydroxyl groups excluding tert-OH is 1. The van der Waals surface area contributed by atoms with Gasteiger partial charge in [-0.05, 0) is 50.5 Å². The molecule has 27 heavy (non-hydrogen) atoms. The van der Waals surface area contributed by atoms with Gasteiger partial charge in [-0.3, -0.25) is 9.71 Å². The lowest BCUT2D eigenvalue weighted by Gasteiger charge is -2.11. The average Bonchev–Trinajstić information content (AvgIpc) is 2.66. The van der Waals surface area contributed by atoms with Crippen LogP contribution in [0.5, 0.6) is 0 Å². The van der Waals surface area contributed by atoms with Crippen molar-refractivity contribution in [1.29, 1.82) is 0 Å². The molecule has 5 nitrogen and oxygen atoms in total. The van der Waals surface area contributed by atoms with E-state index in [2.05, 4.69) is 9.71 Å². The van der Waals surface area contributed by atoms with Gasteiger partial charge in [-0.25, -0.2) is 8.42 Å². The highest BCUT2D eigenvalue weighted by molar-refractivity contribution is 7.92. The van der Waals surface area contributed by atoms with Crippen LogP contribution in [-0.4, -0.2) is 25.1 Å². The van der Waals surface area contributed by atoms with Crippen molar-refractivity contribution >= 4 is 26.6 Å². The summed E-state index contributed by atoms with van der Waals surface area (Å²) in [4.78, 5) is 4.90. The number of rotatable bonds is 8. The minimum Gasteiger partial charge on any atom is -0.396 e. The van der Waals surface area contributed by atoms with Gasteiger partial charge in [-0.2, -0.15) is 0 Å². The van der Waals surface area contributed by atoms with E-state index in [9.17, 15) is 8.42 Å². The highest BCUT2D eigenvalue weighted by Crippen LogP contribution is 2.25. The molecule has 3 aromatic rings. The van der Waals surface area contributed by atoms with Crippen LogP contribution in [0.3, 0.4) is 0 Å². The fourth-order valence-corrected chi connectivity index (χ4v) is 3.99. The van der Waals surface area contributed by atoms with Crippen molar-refractivity contribution in [1.82, 2.24) is 4.98 Å². The van der Waals surface area contributed by atoms with Gasteiger partial charge in [0.2, 0.25) is 0 Å². The third kappa shape index (κ3) is 4.84. The van der Waals surface area contributed by atoms with E-state index in [1.807, 2.05) is 31.2 Å². The maximum Gasteiger partial charge on any atom is 0.261 e. The smallest absolute Gasteiger partial charge is 0.261 e. The van der Waals surface area contributed by atoms with E-state index >= 15 is 0 Å². The summed E-state index contributed by atoms with van der Waals surface area (Å²) >= 11 is 0. The largest absolute Gasteiger partial charge is 0.396 e. The second-order valence-corrected chi connectivity index (χ2v) is 8.32. The standard InChI is InChI=1S/C21H24N2O3S/c1-16-9-13-19(14-10-16)27(25,26)23-20-8-5-6-17-11-12-18(22-21(17)20)7-3-2-4-15-24/h5-6,8-14,23-24H,2-4,7,15H2,1H3. The summed E-state index contributed by atoms with van der Waals surface area (Å²) in [5.74, 6) is 0. The van der Waals surface area contributed by atoms with Gasteiger partial charge in [-0.15, -0.1) is 0 Å². The first kappa shape index (κ1) is 19.3. The van der Waals surface area contributed by atoms with Crippen molar-refractivity contribution in [3.05, 3.63) is 65.9 Å². The van der Waals surface area contributed by atoms with Gasteiger partial charge in [-0.1, -0.05) is 42.3 Å². The number of aliphatic hydroxyl groups is 1. The van der Waals surface area contributed by atoms with E-state index < -0.39 is 10.0 Å². The van der Waals surface area contributed by atoms with Crippen LogP contribution in [0.2, 0.25) is 0 Å². The zero-order valence-corrected chi connectivity index (χ0v) is 16.2. The molecule has 0 unspecified atom stereocenters. The Bertz CT molecular complexity index is 1020. The summed E-state index contributed by atoms with van der Waals surface area (Å²) in [6, 6.07) is 16.2. The second kappa shape index (κ2) is 8.50. The van der Waals surface area contributed by atoms with E-state index in [4.69, 9.17) is 5.11 Å². The molecular weight excluding hydrogens is 360 g/mol. The van der Waals surface area contributed by atoms with Gasteiger partial charge >= 0.3 is 0 Å². The Morgan fingerprint density at radius 1 is 0.963 bits per heavy atom. The number of benzene rings is 2. The fourth-order valence-electron chi connectivity index (χ4n) is 2.92. The molecule has 0 amide bonds. The SMILES string of the molecule is Cc1ccc(S(=O)(=O)Nc2cccc3ccc(CCCCCO)nc23)cc1. The predicted molar refractivity (Wildman–Crippen MR) is 108 cm³/mol. The fraction of sp³-hybridized carbons (Fsp3) is 0.286. The first-order valence-corrected chi connectivity index (χ1v) is 10.6. The maximum atomic E-state index is 12.7. The summed E-state index contributed by atoms with van der Waals surface area (Å²) in [6.07, 6.45) is 3.47. The number of anilines is 1. The van der Waals surface area contributed by atoms with Crippen molar-refractivity contribution in [2.75, 3.05) is 11.3 Å². The van der Waals surface area contributed by atoms with Gasteiger partial charge in [0, 0.05) is 17.7 Å². The zero-order chi connectivity index (χ0) is 19.3.